The van der Waals surface area contributed by atoms with Crippen LogP contribution in [0.2, 0.25) is 0 Å². The average molecular weight is 233 g/mol. The van der Waals surface area contributed by atoms with E-state index in [1.54, 1.807) is 11.3 Å². The highest BCUT2D eigenvalue weighted by Gasteiger charge is 2.02. The molecular formula is C12H15N3S. The Hall–Kier alpha value is -1.55. The number of rotatable bonds is 3. The van der Waals surface area contributed by atoms with Crippen LogP contribution >= 0.6 is 11.3 Å². The van der Waals surface area contributed by atoms with E-state index in [0.717, 1.165) is 28.5 Å². The Kier molecular flexibility index (Phi) is 3.10. The van der Waals surface area contributed by atoms with E-state index in [4.69, 9.17) is 5.73 Å². The summed E-state index contributed by atoms with van der Waals surface area (Å²) in [5, 5.41) is 4.45. The van der Waals surface area contributed by atoms with Crippen LogP contribution in [0.1, 0.15) is 15.4 Å². The summed E-state index contributed by atoms with van der Waals surface area (Å²) in [7, 11) is 0. The third-order valence-corrected chi connectivity index (χ3v) is 3.39. The van der Waals surface area contributed by atoms with Gasteiger partial charge in [-0.15, -0.1) is 11.3 Å². The first-order valence-electron chi connectivity index (χ1n) is 5.17. The maximum absolute atomic E-state index is 5.84. The van der Waals surface area contributed by atoms with Crippen LogP contribution in [0.5, 0.6) is 0 Å². The first-order chi connectivity index (χ1) is 7.66. The Bertz CT molecular complexity index is 491. The van der Waals surface area contributed by atoms with E-state index in [1.165, 1.54) is 4.88 Å². The zero-order chi connectivity index (χ0) is 11.5. The molecule has 84 valence electrons. The molecule has 3 nitrogen and oxygen atoms in total. The van der Waals surface area contributed by atoms with Crippen LogP contribution in [-0.2, 0) is 6.54 Å². The summed E-state index contributed by atoms with van der Waals surface area (Å²) in [6, 6.07) is 5.90. The van der Waals surface area contributed by atoms with Crippen LogP contribution in [-0.4, -0.2) is 4.98 Å². The summed E-state index contributed by atoms with van der Waals surface area (Å²) < 4.78 is 0. The van der Waals surface area contributed by atoms with E-state index in [2.05, 4.69) is 17.2 Å². The van der Waals surface area contributed by atoms with Gasteiger partial charge in [-0.3, -0.25) is 0 Å². The van der Waals surface area contributed by atoms with Gasteiger partial charge >= 0.3 is 0 Å². The molecule has 0 aliphatic rings. The van der Waals surface area contributed by atoms with Crippen molar-refractivity contribution in [3.05, 3.63) is 39.8 Å². The second kappa shape index (κ2) is 4.53. The van der Waals surface area contributed by atoms with Crippen molar-refractivity contribution in [2.45, 2.75) is 20.4 Å². The molecule has 0 unspecified atom stereocenters. The van der Waals surface area contributed by atoms with Crippen molar-refractivity contribution in [1.29, 1.82) is 0 Å². The molecule has 1 heterocycles. The number of nitrogens with two attached hydrogens (primary N) is 1. The fraction of sp³-hybridized carbons (Fsp3) is 0.250. The summed E-state index contributed by atoms with van der Waals surface area (Å²) in [6.07, 6.45) is 1.90. The second-order valence-electron chi connectivity index (χ2n) is 3.74. The Morgan fingerprint density at radius 2 is 2.19 bits per heavy atom. The number of nitrogens with zero attached hydrogens (tertiary/aromatic N) is 1. The first-order valence-corrected chi connectivity index (χ1v) is 5.99. The lowest BCUT2D eigenvalue weighted by atomic mass is 10.1. The molecule has 0 saturated heterocycles. The molecule has 0 saturated carbocycles. The lowest BCUT2D eigenvalue weighted by Gasteiger charge is -2.09. The van der Waals surface area contributed by atoms with Crippen molar-refractivity contribution in [2.24, 2.45) is 0 Å². The minimum atomic E-state index is 0.753. The van der Waals surface area contributed by atoms with Gasteiger partial charge in [0.05, 0.1) is 6.54 Å². The molecule has 0 spiro atoms. The molecule has 3 N–H and O–H groups in total. The monoisotopic (exact) mass is 233 g/mol. The quantitative estimate of drug-likeness (QED) is 0.801. The van der Waals surface area contributed by atoms with Gasteiger partial charge in [-0.1, -0.05) is 6.07 Å². The summed E-state index contributed by atoms with van der Waals surface area (Å²) >= 11 is 1.71. The topological polar surface area (TPSA) is 50.9 Å². The van der Waals surface area contributed by atoms with Gasteiger partial charge in [-0.2, -0.15) is 0 Å². The van der Waals surface area contributed by atoms with Crippen LogP contribution in [0.15, 0.2) is 24.4 Å². The maximum atomic E-state index is 5.84. The lowest BCUT2D eigenvalue weighted by Crippen LogP contribution is -2.02. The van der Waals surface area contributed by atoms with Crippen LogP contribution < -0.4 is 11.1 Å². The maximum Gasteiger partial charge on any atom is 0.112 e. The minimum absolute atomic E-state index is 0.753. The summed E-state index contributed by atoms with van der Waals surface area (Å²) in [4.78, 5) is 5.54. The highest BCUT2D eigenvalue weighted by Crippen LogP contribution is 2.21. The number of benzene rings is 1. The van der Waals surface area contributed by atoms with Crippen LogP contribution in [0.25, 0.3) is 0 Å². The molecule has 0 radical (unpaired) electrons. The Labute approximate surface area is 99.3 Å². The number of anilines is 2. The number of hydrogen-bond donors (Lipinski definition) is 2. The number of nitrogen functional groups attached to an aromatic ring is 1. The molecule has 16 heavy (non-hydrogen) atoms. The smallest absolute Gasteiger partial charge is 0.112 e. The number of aromatic nitrogens is 1. The van der Waals surface area contributed by atoms with E-state index in [9.17, 15) is 0 Å². The third-order valence-electron chi connectivity index (χ3n) is 2.47. The fourth-order valence-electron chi connectivity index (χ4n) is 1.50. The van der Waals surface area contributed by atoms with E-state index < -0.39 is 0 Å². The Morgan fingerprint density at radius 3 is 2.88 bits per heavy atom. The van der Waals surface area contributed by atoms with Gasteiger partial charge in [-0.05, 0) is 31.5 Å². The molecule has 1 aromatic heterocycles. The molecule has 0 aliphatic heterocycles. The molecule has 1 aromatic carbocycles. The van der Waals surface area contributed by atoms with Gasteiger partial charge in [0.1, 0.15) is 5.01 Å². The van der Waals surface area contributed by atoms with Gasteiger partial charge in [0, 0.05) is 22.4 Å². The highest BCUT2D eigenvalue weighted by atomic mass is 32.1. The SMILES string of the molecule is Cc1cnc(CNc2cccc(N)c2C)s1. The minimum Gasteiger partial charge on any atom is -0.398 e. The van der Waals surface area contributed by atoms with Crippen molar-refractivity contribution < 1.29 is 0 Å². The molecule has 2 rings (SSSR count). The van der Waals surface area contributed by atoms with Crippen molar-refractivity contribution in [3.8, 4) is 0 Å². The molecule has 0 atom stereocenters. The average Bonchev–Trinajstić information content (AvgIpc) is 2.67. The zero-order valence-electron chi connectivity index (χ0n) is 9.45. The fourth-order valence-corrected chi connectivity index (χ4v) is 2.23. The molecule has 0 fully saturated rings. The molecular weight excluding hydrogens is 218 g/mol. The van der Waals surface area contributed by atoms with Gasteiger partial charge in [0.2, 0.25) is 0 Å². The van der Waals surface area contributed by atoms with Crippen molar-refractivity contribution in [2.75, 3.05) is 11.1 Å². The van der Waals surface area contributed by atoms with Crippen LogP contribution in [0.4, 0.5) is 11.4 Å². The number of nitrogens with one attached hydrogen (secondary N) is 1. The standard InChI is InChI=1S/C12H15N3S/c1-8-6-15-12(16-8)7-14-11-5-3-4-10(13)9(11)2/h3-6,14H,7,13H2,1-2H3. The van der Waals surface area contributed by atoms with E-state index >= 15 is 0 Å². The summed E-state index contributed by atoms with van der Waals surface area (Å²) in [6.45, 7) is 4.83. The van der Waals surface area contributed by atoms with E-state index in [0.29, 0.717) is 0 Å². The first kappa shape index (κ1) is 11.0. The van der Waals surface area contributed by atoms with Gasteiger partial charge in [0.25, 0.3) is 0 Å². The normalized spacial score (nSPS) is 10.4. The molecule has 0 aliphatic carbocycles. The summed E-state index contributed by atoms with van der Waals surface area (Å²) in [5.74, 6) is 0. The largest absolute Gasteiger partial charge is 0.398 e. The number of hydrogen-bond acceptors (Lipinski definition) is 4. The summed E-state index contributed by atoms with van der Waals surface area (Å²) in [5.41, 5.74) is 8.83. The van der Waals surface area contributed by atoms with E-state index in [1.807, 2.05) is 31.3 Å². The van der Waals surface area contributed by atoms with Gasteiger partial charge < -0.3 is 11.1 Å². The molecule has 4 heteroatoms. The van der Waals surface area contributed by atoms with Crippen molar-refractivity contribution in [1.82, 2.24) is 4.98 Å². The van der Waals surface area contributed by atoms with E-state index in [-0.39, 0.29) is 0 Å². The van der Waals surface area contributed by atoms with Crippen LogP contribution in [0.3, 0.4) is 0 Å². The Morgan fingerprint density at radius 1 is 1.38 bits per heavy atom. The second-order valence-corrected chi connectivity index (χ2v) is 5.06. The number of aryl methyl sites for hydroxylation is 1. The van der Waals surface area contributed by atoms with Gasteiger partial charge in [0.15, 0.2) is 0 Å². The zero-order valence-corrected chi connectivity index (χ0v) is 10.3. The number of thiazole rings is 1. The van der Waals surface area contributed by atoms with Crippen LogP contribution in [0, 0.1) is 13.8 Å². The van der Waals surface area contributed by atoms with Gasteiger partial charge in [-0.25, -0.2) is 4.98 Å². The van der Waals surface area contributed by atoms with Crippen molar-refractivity contribution in [3.63, 3.8) is 0 Å². The lowest BCUT2D eigenvalue weighted by molar-refractivity contribution is 1.10. The molecule has 2 aromatic rings. The molecule has 0 bridgehead atoms. The van der Waals surface area contributed by atoms with Crippen molar-refractivity contribution >= 4 is 22.7 Å². The highest BCUT2D eigenvalue weighted by molar-refractivity contribution is 7.11. The predicted octanol–water partition coefficient (Wildman–Crippen LogP) is 2.95. The third kappa shape index (κ3) is 2.33. The predicted molar refractivity (Wildman–Crippen MR) is 69.8 cm³/mol. The molecule has 0 amide bonds. The Balaban J connectivity index is 2.07.